The molecule has 1 fully saturated rings. The molecule has 1 aromatic rings. The van der Waals surface area contributed by atoms with Crippen LogP contribution in [0, 0.1) is 12.3 Å². The van der Waals surface area contributed by atoms with Gasteiger partial charge < -0.3 is 14.6 Å². The Morgan fingerprint density at radius 3 is 2.76 bits per heavy atom. The van der Waals surface area contributed by atoms with Crippen molar-refractivity contribution in [3.8, 4) is 0 Å². The van der Waals surface area contributed by atoms with Crippen LogP contribution in [0.5, 0.6) is 0 Å². The second-order valence-corrected chi connectivity index (χ2v) is 7.03. The lowest BCUT2D eigenvalue weighted by Crippen LogP contribution is -2.30. The van der Waals surface area contributed by atoms with Crippen LogP contribution in [-0.2, 0) is 11.3 Å². The number of anilines is 1. The number of aryl methyl sites for hydroxylation is 2. The van der Waals surface area contributed by atoms with E-state index in [0.29, 0.717) is 11.5 Å². The van der Waals surface area contributed by atoms with Gasteiger partial charge in [0.05, 0.1) is 5.69 Å². The average Bonchev–Trinajstić information content (AvgIpc) is 2.77. The van der Waals surface area contributed by atoms with E-state index < -0.39 is 0 Å². The van der Waals surface area contributed by atoms with E-state index in [9.17, 15) is 0 Å². The molecule has 4 nitrogen and oxygen atoms in total. The van der Waals surface area contributed by atoms with Crippen molar-refractivity contribution in [2.24, 2.45) is 5.41 Å². The molecule has 0 saturated heterocycles. The normalized spacial score (nSPS) is 18.9. The maximum absolute atomic E-state index is 5.42. The monoisotopic (exact) mass is 293 g/mol. The maximum atomic E-state index is 5.42. The molecule has 0 unspecified atom stereocenters. The van der Waals surface area contributed by atoms with E-state index in [0.717, 1.165) is 37.8 Å². The minimum absolute atomic E-state index is 0.515. The molecule has 0 amide bonds. The standard InChI is InChI=1S/C17H31N3O/c1-5-21-12-6-11-20-13-14(2)18-16(20)19-15-7-9-17(3,4)10-8-15/h13,15H,5-12H2,1-4H3,(H,18,19). The van der Waals surface area contributed by atoms with Crippen LogP contribution in [0.4, 0.5) is 5.95 Å². The minimum Gasteiger partial charge on any atom is -0.382 e. The van der Waals surface area contributed by atoms with Crippen molar-refractivity contribution in [1.82, 2.24) is 9.55 Å². The van der Waals surface area contributed by atoms with E-state index in [1.165, 1.54) is 25.7 Å². The molecule has 1 aliphatic rings. The van der Waals surface area contributed by atoms with Crippen LogP contribution >= 0.6 is 0 Å². The van der Waals surface area contributed by atoms with Gasteiger partial charge in [-0.3, -0.25) is 0 Å². The first-order chi connectivity index (χ1) is 10.00. The van der Waals surface area contributed by atoms with Gasteiger partial charge in [0.2, 0.25) is 5.95 Å². The first kappa shape index (κ1) is 16.3. The Hall–Kier alpha value is -1.03. The number of ether oxygens (including phenoxy) is 1. The molecule has 2 rings (SSSR count). The third-order valence-corrected chi connectivity index (χ3v) is 4.46. The molecule has 1 aromatic heterocycles. The van der Waals surface area contributed by atoms with E-state index in [1.54, 1.807) is 0 Å². The van der Waals surface area contributed by atoms with Gasteiger partial charge in [-0.15, -0.1) is 0 Å². The molecule has 120 valence electrons. The Balaban J connectivity index is 1.87. The molecule has 1 N–H and O–H groups in total. The fourth-order valence-corrected chi connectivity index (χ4v) is 3.04. The van der Waals surface area contributed by atoms with Gasteiger partial charge in [0.1, 0.15) is 0 Å². The summed E-state index contributed by atoms with van der Waals surface area (Å²) in [5, 5.41) is 3.66. The van der Waals surface area contributed by atoms with Crippen LogP contribution in [0.2, 0.25) is 0 Å². The fourth-order valence-electron chi connectivity index (χ4n) is 3.04. The Kier molecular flexibility index (Phi) is 5.68. The molecule has 1 saturated carbocycles. The predicted octanol–water partition coefficient (Wildman–Crippen LogP) is 4.00. The van der Waals surface area contributed by atoms with Crippen LogP contribution in [0.25, 0.3) is 0 Å². The number of rotatable bonds is 7. The minimum atomic E-state index is 0.515. The summed E-state index contributed by atoms with van der Waals surface area (Å²) >= 11 is 0. The van der Waals surface area contributed by atoms with Gasteiger partial charge >= 0.3 is 0 Å². The highest BCUT2D eigenvalue weighted by atomic mass is 16.5. The van der Waals surface area contributed by atoms with E-state index in [2.05, 4.69) is 41.8 Å². The predicted molar refractivity (Wildman–Crippen MR) is 87.7 cm³/mol. The van der Waals surface area contributed by atoms with Crippen LogP contribution in [0.15, 0.2) is 6.20 Å². The highest BCUT2D eigenvalue weighted by molar-refractivity contribution is 5.30. The number of hydrogen-bond donors (Lipinski definition) is 1. The SMILES string of the molecule is CCOCCCn1cc(C)nc1NC1CCC(C)(C)CC1. The second kappa shape index (κ2) is 7.30. The Bertz CT molecular complexity index is 429. The van der Waals surface area contributed by atoms with Crippen molar-refractivity contribution in [1.29, 1.82) is 0 Å². The van der Waals surface area contributed by atoms with Gasteiger partial charge in [-0.2, -0.15) is 0 Å². The number of nitrogens with zero attached hydrogens (tertiary/aromatic N) is 2. The number of imidazole rings is 1. The second-order valence-electron chi connectivity index (χ2n) is 7.03. The topological polar surface area (TPSA) is 39.1 Å². The molecule has 4 heteroatoms. The third kappa shape index (κ3) is 5.03. The molecule has 0 atom stereocenters. The first-order valence-electron chi connectivity index (χ1n) is 8.38. The molecular weight excluding hydrogens is 262 g/mol. The van der Waals surface area contributed by atoms with Crippen molar-refractivity contribution in [3.63, 3.8) is 0 Å². The lowest BCUT2D eigenvalue weighted by molar-refractivity contribution is 0.141. The zero-order valence-corrected chi connectivity index (χ0v) is 14.1. The summed E-state index contributed by atoms with van der Waals surface area (Å²) < 4.78 is 7.66. The van der Waals surface area contributed by atoms with Crippen molar-refractivity contribution < 1.29 is 4.74 Å². The highest BCUT2D eigenvalue weighted by Gasteiger charge is 2.27. The van der Waals surface area contributed by atoms with E-state index in [1.807, 2.05) is 6.92 Å². The van der Waals surface area contributed by atoms with E-state index in [4.69, 9.17) is 4.74 Å². The highest BCUT2D eigenvalue weighted by Crippen LogP contribution is 2.36. The summed E-state index contributed by atoms with van der Waals surface area (Å²) in [6, 6.07) is 0.575. The van der Waals surface area contributed by atoms with Crippen LogP contribution in [-0.4, -0.2) is 28.8 Å². The molecule has 1 heterocycles. The van der Waals surface area contributed by atoms with E-state index in [-0.39, 0.29) is 0 Å². The van der Waals surface area contributed by atoms with Gasteiger partial charge in [-0.1, -0.05) is 13.8 Å². The summed E-state index contributed by atoms with van der Waals surface area (Å²) in [6.45, 7) is 11.5. The van der Waals surface area contributed by atoms with Gasteiger partial charge in [-0.05, 0) is 51.4 Å². The molecule has 0 radical (unpaired) electrons. The summed E-state index contributed by atoms with van der Waals surface area (Å²) in [4.78, 5) is 4.65. The summed E-state index contributed by atoms with van der Waals surface area (Å²) in [5.74, 6) is 1.04. The van der Waals surface area contributed by atoms with E-state index >= 15 is 0 Å². The van der Waals surface area contributed by atoms with Gasteiger partial charge in [-0.25, -0.2) is 4.98 Å². The van der Waals surface area contributed by atoms with Crippen molar-refractivity contribution in [2.45, 2.75) is 72.4 Å². The quantitative estimate of drug-likeness (QED) is 0.772. The Morgan fingerprint density at radius 2 is 2.10 bits per heavy atom. The molecule has 0 spiro atoms. The number of aromatic nitrogens is 2. The Labute approximate surface area is 129 Å². The molecule has 0 aromatic carbocycles. The van der Waals surface area contributed by atoms with Crippen LogP contribution in [0.1, 0.15) is 58.6 Å². The largest absolute Gasteiger partial charge is 0.382 e. The third-order valence-electron chi connectivity index (χ3n) is 4.46. The number of hydrogen-bond acceptors (Lipinski definition) is 3. The van der Waals surface area contributed by atoms with Crippen molar-refractivity contribution >= 4 is 5.95 Å². The summed E-state index contributed by atoms with van der Waals surface area (Å²) in [5.41, 5.74) is 1.60. The van der Waals surface area contributed by atoms with Crippen LogP contribution in [0.3, 0.4) is 0 Å². The average molecular weight is 293 g/mol. The van der Waals surface area contributed by atoms with Crippen LogP contribution < -0.4 is 5.32 Å². The molecule has 1 aliphatic carbocycles. The molecular formula is C17H31N3O. The lowest BCUT2D eigenvalue weighted by Gasteiger charge is -2.34. The smallest absolute Gasteiger partial charge is 0.203 e. The zero-order valence-electron chi connectivity index (χ0n) is 14.1. The number of nitrogens with one attached hydrogen (secondary N) is 1. The summed E-state index contributed by atoms with van der Waals surface area (Å²) in [7, 11) is 0. The first-order valence-corrected chi connectivity index (χ1v) is 8.38. The lowest BCUT2D eigenvalue weighted by atomic mass is 9.76. The van der Waals surface area contributed by atoms with Gasteiger partial charge in [0, 0.05) is 32.0 Å². The summed E-state index contributed by atoms with van der Waals surface area (Å²) in [6.07, 6.45) is 8.27. The fraction of sp³-hybridized carbons (Fsp3) is 0.824. The van der Waals surface area contributed by atoms with Crippen molar-refractivity contribution in [3.05, 3.63) is 11.9 Å². The van der Waals surface area contributed by atoms with Crippen molar-refractivity contribution in [2.75, 3.05) is 18.5 Å². The molecule has 0 bridgehead atoms. The van der Waals surface area contributed by atoms with Gasteiger partial charge in [0.15, 0.2) is 0 Å². The Morgan fingerprint density at radius 1 is 1.38 bits per heavy atom. The molecule has 0 aliphatic heterocycles. The maximum Gasteiger partial charge on any atom is 0.203 e. The van der Waals surface area contributed by atoms with Gasteiger partial charge in [0.25, 0.3) is 0 Å². The zero-order chi connectivity index (χ0) is 15.3. The molecule has 21 heavy (non-hydrogen) atoms.